The van der Waals surface area contributed by atoms with Crippen molar-refractivity contribution >= 4 is 41.5 Å². The van der Waals surface area contributed by atoms with Gasteiger partial charge in [0.1, 0.15) is 28.7 Å². The highest BCUT2D eigenvalue weighted by Gasteiger charge is 2.30. The highest BCUT2D eigenvalue weighted by Crippen LogP contribution is 2.29. The number of hydrogen-bond donors (Lipinski definition) is 6. The van der Waals surface area contributed by atoms with E-state index < -0.39 is 59.9 Å². The number of aliphatic carboxylic acids is 2. The molecule has 0 saturated heterocycles. The third-order valence-corrected chi connectivity index (χ3v) is 8.12. The number of carboxylic acid groups (broad SMARTS) is 2. The summed E-state index contributed by atoms with van der Waals surface area (Å²) >= 11 is 0. The fourth-order valence-corrected chi connectivity index (χ4v) is 5.40. The maximum Gasteiger partial charge on any atom is 0.408 e. The minimum absolute atomic E-state index is 0.0460. The van der Waals surface area contributed by atoms with Gasteiger partial charge in [0.25, 0.3) is 0 Å². The van der Waals surface area contributed by atoms with Crippen LogP contribution in [0.1, 0.15) is 55.1 Å². The molecule has 302 valence electrons. The summed E-state index contributed by atoms with van der Waals surface area (Å²) in [5.41, 5.74) is 0.0640. The fraction of sp³-hybridized carbons (Fsp3) is 0.385. The lowest BCUT2D eigenvalue weighted by molar-refractivity contribution is -0.149. The maximum atomic E-state index is 13.3. The number of esters is 1. The Morgan fingerprint density at radius 2 is 1.50 bits per heavy atom. The van der Waals surface area contributed by atoms with Gasteiger partial charge in [-0.25, -0.2) is 14.4 Å². The van der Waals surface area contributed by atoms with Gasteiger partial charge in [0, 0.05) is 25.2 Å². The lowest BCUT2D eigenvalue weighted by Gasteiger charge is -2.25. The summed E-state index contributed by atoms with van der Waals surface area (Å²) in [7, 11) is 2.51. The first-order valence-electron chi connectivity index (χ1n) is 17.5. The van der Waals surface area contributed by atoms with Crippen LogP contribution in [0.4, 0.5) is 10.5 Å². The Hall–Kier alpha value is -6.52. The summed E-state index contributed by atoms with van der Waals surface area (Å²) in [4.78, 5) is 75.8. The van der Waals surface area contributed by atoms with Gasteiger partial charge in [-0.1, -0.05) is 24.3 Å². The lowest BCUT2D eigenvalue weighted by Crippen LogP contribution is -2.49. The molecule has 17 heteroatoms. The topological polar surface area (TPSA) is 248 Å². The number of methoxy groups -OCH3 is 2. The molecule has 0 radical (unpaired) electrons. The number of phenols is 2. The molecule has 0 aromatic heterocycles. The van der Waals surface area contributed by atoms with Gasteiger partial charge in [-0.2, -0.15) is 0 Å². The van der Waals surface area contributed by atoms with Crippen LogP contribution in [0.15, 0.2) is 60.7 Å². The number of phenolic OH excluding ortho intramolecular Hbond substituents is 2. The fourth-order valence-electron chi connectivity index (χ4n) is 5.40. The quantitative estimate of drug-likeness (QED) is 0.0613. The first-order chi connectivity index (χ1) is 26.4. The second-order valence-electron chi connectivity index (χ2n) is 13.5. The number of carbonyl (C=O) groups excluding carboxylic acids is 4. The van der Waals surface area contributed by atoms with Crippen LogP contribution < -0.4 is 25.0 Å². The highest BCUT2D eigenvalue weighted by molar-refractivity contribution is 6.37. The normalized spacial score (nSPS) is 12.0. The molecule has 0 bridgehead atoms. The van der Waals surface area contributed by atoms with E-state index in [1.165, 1.54) is 74.9 Å². The molecule has 17 nitrogen and oxygen atoms in total. The zero-order chi connectivity index (χ0) is 41.6. The van der Waals surface area contributed by atoms with E-state index in [-0.39, 0.29) is 60.2 Å². The van der Waals surface area contributed by atoms with E-state index in [0.717, 1.165) is 4.90 Å². The monoisotopic (exact) mass is 781 g/mol. The van der Waals surface area contributed by atoms with Crippen molar-refractivity contribution in [1.29, 1.82) is 0 Å². The number of anilines is 1. The van der Waals surface area contributed by atoms with Gasteiger partial charge >= 0.3 is 29.9 Å². The van der Waals surface area contributed by atoms with Gasteiger partial charge in [0.15, 0.2) is 11.5 Å². The predicted molar refractivity (Wildman–Crippen MR) is 200 cm³/mol. The molecule has 0 fully saturated rings. The highest BCUT2D eigenvalue weighted by atomic mass is 16.6. The van der Waals surface area contributed by atoms with Crippen LogP contribution in [0.3, 0.4) is 0 Å². The molecule has 3 aromatic carbocycles. The van der Waals surface area contributed by atoms with E-state index in [1.807, 2.05) is 0 Å². The minimum Gasteiger partial charge on any atom is -0.507 e. The number of aromatic hydroxyl groups is 2. The van der Waals surface area contributed by atoms with Crippen molar-refractivity contribution < 1.29 is 68.1 Å². The van der Waals surface area contributed by atoms with Crippen molar-refractivity contribution in [2.45, 2.75) is 58.1 Å². The van der Waals surface area contributed by atoms with Crippen LogP contribution in [0.2, 0.25) is 0 Å². The second-order valence-corrected chi connectivity index (χ2v) is 13.5. The van der Waals surface area contributed by atoms with Crippen LogP contribution in [0.25, 0.3) is 0 Å². The lowest BCUT2D eigenvalue weighted by atomic mass is 9.97. The summed E-state index contributed by atoms with van der Waals surface area (Å²) < 4.78 is 20.8. The first-order valence-corrected chi connectivity index (χ1v) is 17.5. The predicted octanol–water partition coefficient (Wildman–Crippen LogP) is 3.67. The van der Waals surface area contributed by atoms with Crippen molar-refractivity contribution in [3.8, 4) is 23.0 Å². The maximum absolute atomic E-state index is 13.3. The Balaban J connectivity index is 1.72. The number of carboxylic acids is 2. The van der Waals surface area contributed by atoms with E-state index >= 15 is 0 Å². The molecular weight excluding hydrogens is 734 g/mol. The molecule has 56 heavy (non-hydrogen) atoms. The second kappa shape index (κ2) is 20.2. The van der Waals surface area contributed by atoms with Gasteiger partial charge in [-0.15, -0.1) is 0 Å². The molecule has 0 aliphatic rings. The number of hydrogen-bond acceptors (Lipinski definition) is 12. The molecular formula is C39H47N3O14. The van der Waals surface area contributed by atoms with Crippen molar-refractivity contribution in [3.05, 3.63) is 77.4 Å². The third-order valence-electron chi connectivity index (χ3n) is 8.12. The summed E-state index contributed by atoms with van der Waals surface area (Å²) in [6.45, 7) is 4.80. The molecule has 0 heterocycles. The van der Waals surface area contributed by atoms with Gasteiger partial charge < -0.3 is 54.9 Å². The van der Waals surface area contributed by atoms with Crippen molar-refractivity contribution in [1.82, 2.24) is 10.6 Å². The van der Waals surface area contributed by atoms with E-state index in [1.54, 1.807) is 20.8 Å². The van der Waals surface area contributed by atoms with Crippen molar-refractivity contribution in [2.24, 2.45) is 5.92 Å². The number of nitrogens with one attached hydrogen (secondary N) is 2. The average Bonchev–Trinajstić information content (AvgIpc) is 3.13. The van der Waals surface area contributed by atoms with Crippen LogP contribution >= 0.6 is 0 Å². The molecule has 0 aliphatic carbocycles. The Labute approximate surface area is 323 Å². The number of ether oxygens (including phenoxy) is 4. The number of rotatable bonds is 18. The van der Waals surface area contributed by atoms with Crippen LogP contribution in [0.5, 0.6) is 23.0 Å². The Morgan fingerprint density at radius 1 is 0.821 bits per heavy atom. The zero-order valence-electron chi connectivity index (χ0n) is 31.7. The summed E-state index contributed by atoms with van der Waals surface area (Å²) in [6.07, 6.45) is -0.132. The van der Waals surface area contributed by atoms with Crippen molar-refractivity contribution in [2.75, 3.05) is 38.8 Å². The van der Waals surface area contributed by atoms with E-state index in [4.69, 9.17) is 18.9 Å². The number of benzene rings is 3. The number of unbranched alkanes of at least 4 members (excludes halogenated alkanes) is 1. The van der Waals surface area contributed by atoms with E-state index in [2.05, 4.69) is 10.6 Å². The van der Waals surface area contributed by atoms with Crippen LogP contribution in [0, 0.1) is 5.92 Å². The number of nitrogens with zero attached hydrogens (tertiary/aromatic N) is 1. The summed E-state index contributed by atoms with van der Waals surface area (Å²) in [6, 6.07) is 13.3. The Morgan fingerprint density at radius 3 is 2.11 bits per heavy atom. The largest absolute Gasteiger partial charge is 0.507 e. The molecule has 1 unspecified atom stereocenters. The molecule has 2 atom stereocenters. The number of alkyl carbamates (subject to hydrolysis) is 1. The van der Waals surface area contributed by atoms with E-state index in [0.29, 0.717) is 24.0 Å². The first kappa shape index (κ1) is 43.9. The molecule has 0 spiro atoms. The minimum atomic E-state index is -1.81. The third kappa shape index (κ3) is 13.1. The molecule has 3 amide bonds. The van der Waals surface area contributed by atoms with Gasteiger partial charge in [-0.05, 0) is 87.6 Å². The SMILES string of the molecule is COC(=O)c1c(O)cccc1OCCCCNC(=O)[C@H](Cc1ccc(N(CC(Cc2ccc(O)c(OC)c2)C(=O)O)C(=O)C(=O)O)cc1)NC(=O)OC(C)(C)C. The van der Waals surface area contributed by atoms with E-state index in [9.17, 15) is 49.2 Å². The van der Waals surface area contributed by atoms with Gasteiger partial charge in [-0.3, -0.25) is 14.4 Å². The standard InChI is InChI=1S/C39H47N3O14/c1-39(2,3)56-38(52)41-27(33(45)40-17-6-7-18-55-30-10-8-9-29(44)32(30)37(51)54-5)20-23-11-14-26(15-12-23)42(34(46)36(49)50)22-25(35(47)48)19-24-13-16-28(43)31(21-24)53-4/h8-16,21,25,27,43-44H,6-7,17-20,22H2,1-5H3,(H,40,45)(H,41,52)(H,47,48)(H,49,50)/t25?,27-/m0/s1. The van der Waals surface area contributed by atoms with Gasteiger partial charge in [0.2, 0.25) is 5.91 Å². The molecule has 0 saturated carbocycles. The smallest absolute Gasteiger partial charge is 0.408 e. The van der Waals surface area contributed by atoms with Crippen molar-refractivity contribution in [3.63, 3.8) is 0 Å². The zero-order valence-corrected chi connectivity index (χ0v) is 31.7. The Bertz CT molecular complexity index is 1870. The van der Waals surface area contributed by atoms with Crippen LogP contribution in [-0.4, -0.2) is 102 Å². The average molecular weight is 782 g/mol. The number of carbonyl (C=O) groups is 6. The van der Waals surface area contributed by atoms with Gasteiger partial charge in [0.05, 0.1) is 26.7 Å². The molecule has 6 N–H and O–H groups in total. The summed E-state index contributed by atoms with van der Waals surface area (Å²) in [5, 5.41) is 44.8. The van der Waals surface area contributed by atoms with Crippen LogP contribution in [-0.2, 0) is 41.5 Å². The number of amides is 3. The molecule has 3 aromatic rings. The molecule has 3 rings (SSSR count). The Kier molecular flexibility index (Phi) is 15.9. The summed E-state index contributed by atoms with van der Waals surface area (Å²) in [5.74, 6) is -7.22. The molecule has 0 aliphatic heterocycles.